The summed E-state index contributed by atoms with van der Waals surface area (Å²) in [5.74, 6) is -9.58. The van der Waals surface area contributed by atoms with Crippen molar-refractivity contribution in [2.75, 3.05) is 0 Å². The molecule has 0 aromatic heterocycles. The van der Waals surface area contributed by atoms with Crippen molar-refractivity contribution in [1.29, 1.82) is 0 Å². The second-order valence-electron chi connectivity index (χ2n) is 2.42. The fourth-order valence-electron chi connectivity index (χ4n) is 0.775. The van der Waals surface area contributed by atoms with E-state index in [0.717, 1.165) is 0 Å². The lowest BCUT2D eigenvalue weighted by Gasteiger charge is -2.04. The van der Waals surface area contributed by atoms with E-state index in [1.807, 2.05) is 0 Å². The van der Waals surface area contributed by atoms with Gasteiger partial charge in [0.2, 0.25) is 11.6 Å². The quantitative estimate of drug-likeness (QED) is 0.191. The number of hydrogen-bond donors (Lipinski definition) is 0. The van der Waals surface area contributed by atoms with E-state index in [2.05, 4.69) is 11.3 Å². The van der Waals surface area contributed by atoms with Gasteiger partial charge in [0.25, 0.3) is 0 Å². The lowest BCUT2D eigenvalue weighted by Crippen LogP contribution is -2.07. The van der Waals surface area contributed by atoms with Gasteiger partial charge in [0.1, 0.15) is 0 Å². The van der Waals surface area contributed by atoms with Gasteiger partial charge >= 0.3 is 5.97 Å². The number of carbonyl (C=O) groups excluding carboxylic acids is 1. The highest BCUT2D eigenvalue weighted by atomic mass is 19.2. The van der Waals surface area contributed by atoms with Crippen LogP contribution in [0.2, 0.25) is 0 Å². The van der Waals surface area contributed by atoms with E-state index in [1.165, 1.54) is 0 Å². The van der Waals surface area contributed by atoms with E-state index in [-0.39, 0.29) is 6.07 Å². The minimum Gasteiger partial charge on any atom is -0.420 e. The van der Waals surface area contributed by atoms with Crippen molar-refractivity contribution in [1.82, 2.24) is 0 Å². The third-order valence-corrected chi connectivity index (χ3v) is 1.45. The first-order valence-corrected chi connectivity index (χ1v) is 3.64. The molecular formula is C9H4F4O2. The van der Waals surface area contributed by atoms with Gasteiger partial charge in [-0.1, -0.05) is 6.58 Å². The zero-order valence-electron chi connectivity index (χ0n) is 7.19. The van der Waals surface area contributed by atoms with Gasteiger partial charge in [-0.2, -0.15) is 4.39 Å². The number of esters is 1. The summed E-state index contributed by atoms with van der Waals surface area (Å²) >= 11 is 0. The van der Waals surface area contributed by atoms with Crippen molar-refractivity contribution >= 4 is 5.97 Å². The van der Waals surface area contributed by atoms with Crippen molar-refractivity contribution in [3.8, 4) is 5.75 Å². The summed E-state index contributed by atoms with van der Waals surface area (Å²) < 4.78 is 54.6. The molecule has 2 nitrogen and oxygen atoms in total. The number of ether oxygens (including phenoxy) is 1. The van der Waals surface area contributed by atoms with Crippen molar-refractivity contribution in [3.63, 3.8) is 0 Å². The molecule has 0 radical (unpaired) electrons. The van der Waals surface area contributed by atoms with Gasteiger partial charge in [-0.25, -0.2) is 18.0 Å². The van der Waals surface area contributed by atoms with Crippen molar-refractivity contribution in [2.24, 2.45) is 0 Å². The molecule has 0 aliphatic heterocycles. The predicted octanol–water partition coefficient (Wildman–Crippen LogP) is 2.33. The highest BCUT2D eigenvalue weighted by Crippen LogP contribution is 2.24. The second-order valence-corrected chi connectivity index (χ2v) is 2.42. The Hall–Kier alpha value is -1.85. The van der Waals surface area contributed by atoms with Gasteiger partial charge < -0.3 is 4.74 Å². The van der Waals surface area contributed by atoms with Gasteiger partial charge in [0, 0.05) is 12.1 Å². The van der Waals surface area contributed by atoms with Gasteiger partial charge in [0.05, 0.1) is 0 Å². The molecule has 0 unspecified atom stereocenters. The summed E-state index contributed by atoms with van der Waals surface area (Å²) in [6, 6.07) is 0.231. The van der Waals surface area contributed by atoms with Crippen LogP contribution in [0.5, 0.6) is 5.75 Å². The molecule has 0 fully saturated rings. The second kappa shape index (κ2) is 4.12. The summed E-state index contributed by atoms with van der Waals surface area (Å²) in [5.41, 5.74) is 0. The summed E-state index contributed by atoms with van der Waals surface area (Å²) in [4.78, 5) is 10.6. The number of hydrogen-bond acceptors (Lipinski definition) is 2. The molecule has 0 bridgehead atoms. The molecule has 0 atom stereocenters. The number of benzene rings is 1. The minimum absolute atomic E-state index is 0.231. The molecule has 0 N–H and O–H groups in total. The molecular weight excluding hydrogens is 216 g/mol. The zero-order valence-corrected chi connectivity index (χ0v) is 7.19. The van der Waals surface area contributed by atoms with E-state index >= 15 is 0 Å². The molecule has 1 rings (SSSR count). The fraction of sp³-hybridized carbons (Fsp3) is 0. The van der Waals surface area contributed by atoms with Crippen LogP contribution in [0.15, 0.2) is 18.7 Å². The normalized spacial score (nSPS) is 9.87. The Morgan fingerprint density at radius 2 is 1.80 bits per heavy atom. The SMILES string of the molecule is C=CC(=O)Oc1cc(F)c(F)c(F)c1F. The summed E-state index contributed by atoms with van der Waals surface area (Å²) in [6.45, 7) is 2.99. The van der Waals surface area contributed by atoms with Gasteiger partial charge in [-0.3, -0.25) is 0 Å². The molecule has 0 aliphatic rings. The lowest BCUT2D eigenvalue weighted by atomic mass is 10.3. The molecule has 6 heteroatoms. The minimum atomic E-state index is -2.04. The largest absolute Gasteiger partial charge is 0.420 e. The first-order chi connectivity index (χ1) is 6.97. The van der Waals surface area contributed by atoms with E-state index in [1.54, 1.807) is 0 Å². The summed E-state index contributed by atoms with van der Waals surface area (Å²) in [6.07, 6.45) is 0.665. The monoisotopic (exact) mass is 220 g/mol. The first kappa shape index (κ1) is 11.2. The highest BCUT2D eigenvalue weighted by molar-refractivity contribution is 5.83. The van der Waals surface area contributed by atoms with E-state index < -0.39 is 35.0 Å². The van der Waals surface area contributed by atoms with Gasteiger partial charge in [-0.05, 0) is 0 Å². The Morgan fingerprint density at radius 3 is 2.33 bits per heavy atom. The molecule has 0 heterocycles. The van der Waals surface area contributed by atoms with Crippen LogP contribution in [0.1, 0.15) is 0 Å². The standard InChI is InChI=1S/C9H4F4O2/c1-2-6(14)15-5-3-4(10)7(11)9(13)8(5)12/h2-3H,1H2. The van der Waals surface area contributed by atoms with Gasteiger partial charge in [0.15, 0.2) is 17.4 Å². The predicted molar refractivity (Wildman–Crippen MR) is 42.1 cm³/mol. The Bertz CT molecular complexity index is 429. The van der Waals surface area contributed by atoms with Crippen LogP contribution in [-0.4, -0.2) is 5.97 Å². The Labute approximate surface area is 81.8 Å². The molecule has 15 heavy (non-hydrogen) atoms. The Balaban J connectivity index is 3.20. The lowest BCUT2D eigenvalue weighted by molar-refractivity contribution is -0.129. The zero-order chi connectivity index (χ0) is 11.6. The maximum Gasteiger partial charge on any atom is 0.335 e. The molecule has 1 aromatic rings. The molecule has 0 amide bonds. The topological polar surface area (TPSA) is 26.3 Å². The fourth-order valence-corrected chi connectivity index (χ4v) is 0.775. The maximum atomic E-state index is 12.8. The third-order valence-electron chi connectivity index (χ3n) is 1.45. The molecule has 0 saturated heterocycles. The molecule has 1 aromatic carbocycles. The highest BCUT2D eigenvalue weighted by Gasteiger charge is 2.20. The smallest absolute Gasteiger partial charge is 0.335 e. The van der Waals surface area contributed by atoms with Crippen LogP contribution >= 0.6 is 0 Å². The van der Waals surface area contributed by atoms with Crippen LogP contribution in [0.3, 0.4) is 0 Å². The Kier molecular flexibility index (Phi) is 3.08. The van der Waals surface area contributed by atoms with Crippen molar-refractivity contribution in [3.05, 3.63) is 42.0 Å². The number of halogens is 4. The average Bonchev–Trinajstić information content (AvgIpc) is 2.22. The third kappa shape index (κ3) is 2.15. The van der Waals surface area contributed by atoms with Crippen LogP contribution in [0, 0.1) is 23.3 Å². The van der Waals surface area contributed by atoms with Crippen LogP contribution in [0.25, 0.3) is 0 Å². The first-order valence-electron chi connectivity index (χ1n) is 3.64. The number of rotatable bonds is 2. The molecule has 0 saturated carbocycles. The van der Waals surface area contributed by atoms with E-state index in [0.29, 0.717) is 6.08 Å². The van der Waals surface area contributed by atoms with E-state index in [9.17, 15) is 22.4 Å². The van der Waals surface area contributed by atoms with Crippen LogP contribution in [0.4, 0.5) is 17.6 Å². The Morgan fingerprint density at radius 1 is 1.20 bits per heavy atom. The van der Waals surface area contributed by atoms with Crippen LogP contribution in [-0.2, 0) is 4.79 Å². The molecule has 0 spiro atoms. The van der Waals surface area contributed by atoms with E-state index in [4.69, 9.17) is 0 Å². The summed E-state index contributed by atoms with van der Waals surface area (Å²) in [7, 11) is 0. The average molecular weight is 220 g/mol. The van der Waals surface area contributed by atoms with Crippen LogP contribution < -0.4 is 4.74 Å². The molecule has 0 aliphatic carbocycles. The maximum absolute atomic E-state index is 12.8. The molecule has 80 valence electrons. The number of carbonyl (C=O) groups is 1. The van der Waals surface area contributed by atoms with Crippen molar-refractivity contribution in [2.45, 2.75) is 0 Å². The van der Waals surface area contributed by atoms with Crippen molar-refractivity contribution < 1.29 is 27.1 Å². The summed E-state index contributed by atoms with van der Waals surface area (Å²) in [5, 5.41) is 0. The van der Waals surface area contributed by atoms with Gasteiger partial charge in [-0.15, -0.1) is 0 Å².